The van der Waals surface area contributed by atoms with Gasteiger partial charge in [-0.3, -0.25) is 4.90 Å². The highest BCUT2D eigenvalue weighted by Crippen LogP contribution is 2.33. The van der Waals surface area contributed by atoms with Gasteiger partial charge in [-0.25, -0.2) is 0 Å². The smallest absolute Gasteiger partial charge is 0.0457 e. The number of piperidine rings is 1. The Bertz CT molecular complexity index is 486. The van der Waals surface area contributed by atoms with Crippen LogP contribution in [0.5, 0.6) is 0 Å². The van der Waals surface area contributed by atoms with Gasteiger partial charge in [0.25, 0.3) is 0 Å². The van der Waals surface area contributed by atoms with Crippen LogP contribution in [0.3, 0.4) is 0 Å². The van der Waals surface area contributed by atoms with Gasteiger partial charge in [-0.2, -0.15) is 0 Å². The van der Waals surface area contributed by atoms with E-state index in [1.807, 2.05) is 0 Å². The number of nitrogens with one attached hydrogen (secondary N) is 1. The second kappa shape index (κ2) is 3.95. The van der Waals surface area contributed by atoms with Gasteiger partial charge in [-0.1, -0.05) is 24.6 Å². The molecule has 1 fully saturated rings. The van der Waals surface area contributed by atoms with Gasteiger partial charge in [0.15, 0.2) is 0 Å². The Kier molecular flexibility index (Phi) is 2.44. The van der Waals surface area contributed by atoms with E-state index in [-0.39, 0.29) is 0 Å². The molecule has 1 aliphatic rings. The topological polar surface area (TPSA) is 19.0 Å². The van der Waals surface area contributed by atoms with Crippen molar-refractivity contribution in [3.8, 4) is 0 Å². The summed E-state index contributed by atoms with van der Waals surface area (Å²) in [7, 11) is 2.24. The van der Waals surface area contributed by atoms with Crippen LogP contribution in [0, 0.1) is 0 Å². The molecule has 1 atom stereocenters. The van der Waals surface area contributed by atoms with Gasteiger partial charge in [0.1, 0.15) is 0 Å². The van der Waals surface area contributed by atoms with Crippen molar-refractivity contribution in [3.63, 3.8) is 0 Å². The minimum absolute atomic E-state index is 0.602. The second-order valence-corrected chi connectivity index (χ2v) is 4.78. The largest absolute Gasteiger partial charge is 0.361 e. The molecule has 1 aromatic carbocycles. The summed E-state index contributed by atoms with van der Waals surface area (Å²) in [6, 6.07) is 9.20. The number of likely N-dealkylation sites (tertiary alicyclic amines) is 1. The van der Waals surface area contributed by atoms with Crippen LogP contribution >= 0.6 is 0 Å². The minimum Gasteiger partial charge on any atom is -0.361 e. The lowest BCUT2D eigenvalue weighted by Gasteiger charge is -2.32. The molecule has 1 aliphatic heterocycles. The second-order valence-electron chi connectivity index (χ2n) is 4.78. The molecule has 1 saturated heterocycles. The maximum atomic E-state index is 3.38. The fourth-order valence-corrected chi connectivity index (χ4v) is 2.84. The predicted octanol–water partition coefficient (Wildman–Crippen LogP) is 3.32. The van der Waals surface area contributed by atoms with Crippen molar-refractivity contribution in [2.75, 3.05) is 13.6 Å². The van der Waals surface area contributed by atoms with E-state index in [4.69, 9.17) is 0 Å². The molecular weight excluding hydrogens is 196 g/mol. The van der Waals surface area contributed by atoms with E-state index in [2.05, 4.69) is 47.4 Å². The number of benzene rings is 1. The van der Waals surface area contributed by atoms with Gasteiger partial charge in [0.05, 0.1) is 0 Å². The molecule has 2 heteroatoms. The molecular formula is C14H18N2. The van der Waals surface area contributed by atoms with Crippen LogP contribution in [0.25, 0.3) is 10.9 Å². The minimum atomic E-state index is 0.602. The first-order chi connectivity index (χ1) is 7.86. The summed E-state index contributed by atoms with van der Waals surface area (Å²) in [6.45, 7) is 1.23. The SMILES string of the molecule is CN1CCCC[C@H]1c1c[nH]c2ccccc12. The molecule has 0 amide bonds. The van der Waals surface area contributed by atoms with Gasteiger partial charge in [0, 0.05) is 23.1 Å². The first kappa shape index (κ1) is 9.91. The van der Waals surface area contributed by atoms with Crippen molar-refractivity contribution < 1.29 is 0 Å². The Labute approximate surface area is 96.3 Å². The van der Waals surface area contributed by atoms with Crippen LogP contribution in [-0.4, -0.2) is 23.5 Å². The highest BCUT2D eigenvalue weighted by molar-refractivity contribution is 5.83. The highest BCUT2D eigenvalue weighted by Gasteiger charge is 2.22. The van der Waals surface area contributed by atoms with Gasteiger partial charge in [-0.05, 0) is 38.1 Å². The molecule has 2 heterocycles. The van der Waals surface area contributed by atoms with Gasteiger partial charge >= 0.3 is 0 Å². The zero-order chi connectivity index (χ0) is 11.0. The molecule has 1 N–H and O–H groups in total. The zero-order valence-electron chi connectivity index (χ0n) is 9.74. The summed E-state index contributed by atoms with van der Waals surface area (Å²) < 4.78 is 0. The van der Waals surface area contributed by atoms with E-state index >= 15 is 0 Å². The third-order valence-corrected chi connectivity index (χ3v) is 3.75. The Hall–Kier alpha value is -1.28. The van der Waals surface area contributed by atoms with Crippen LogP contribution < -0.4 is 0 Å². The van der Waals surface area contributed by atoms with Crippen LogP contribution in [0.4, 0.5) is 0 Å². The van der Waals surface area contributed by atoms with Crippen molar-refractivity contribution in [2.45, 2.75) is 25.3 Å². The first-order valence-electron chi connectivity index (χ1n) is 6.12. The average Bonchev–Trinajstić information content (AvgIpc) is 2.74. The lowest BCUT2D eigenvalue weighted by molar-refractivity contribution is 0.188. The molecule has 0 radical (unpaired) electrons. The fraction of sp³-hybridized carbons (Fsp3) is 0.429. The number of para-hydroxylation sites is 1. The van der Waals surface area contributed by atoms with Crippen molar-refractivity contribution >= 4 is 10.9 Å². The number of hydrogen-bond acceptors (Lipinski definition) is 1. The van der Waals surface area contributed by atoms with Crippen molar-refractivity contribution in [3.05, 3.63) is 36.0 Å². The number of H-pyrrole nitrogens is 1. The number of hydrogen-bond donors (Lipinski definition) is 1. The van der Waals surface area contributed by atoms with E-state index in [1.165, 1.54) is 42.3 Å². The quantitative estimate of drug-likeness (QED) is 0.771. The molecule has 1 aromatic heterocycles. The number of aromatic amines is 1. The Balaban J connectivity index is 2.04. The molecule has 2 nitrogen and oxygen atoms in total. The van der Waals surface area contributed by atoms with E-state index < -0.39 is 0 Å². The molecule has 0 spiro atoms. The van der Waals surface area contributed by atoms with Crippen molar-refractivity contribution in [1.29, 1.82) is 0 Å². The zero-order valence-corrected chi connectivity index (χ0v) is 9.74. The van der Waals surface area contributed by atoms with Crippen LogP contribution in [-0.2, 0) is 0 Å². The van der Waals surface area contributed by atoms with E-state index in [0.717, 1.165) is 0 Å². The lowest BCUT2D eigenvalue weighted by atomic mass is 9.95. The van der Waals surface area contributed by atoms with Crippen LogP contribution in [0.1, 0.15) is 30.9 Å². The van der Waals surface area contributed by atoms with Gasteiger partial charge < -0.3 is 4.98 Å². The molecule has 0 unspecified atom stereocenters. The molecule has 0 bridgehead atoms. The third kappa shape index (κ3) is 1.54. The summed E-state index contributed by atoms with van der Waals surface area (Å²) in [4.78, 5) is 5.86. The number of aromatic nitrogens is 1. The van der Waals surface area contributed by atoms with Crippen molar-refractivity contribution in [2.24, 2.45) is 0 Å². The van der Waals surface area contributed by atoms with Crippen LogP contribution in [0.15, 0.2) is 30.5 Å². The van der Waals surface area contributed by atoms with E-state index in [9.17, 15) is 0 Å². The summed E-state index contributed by atoms with van der Waals surface area (Å²) in [5.74, 6) is 0. The number of rotatable bonds is 1. The maximum absolute atomic E-state index is 3.38. The number of nitrogens with zero attached hydrogens (tertiary/aromatic N) is 1. The number of fused-ring (bicyclic) bond motifs is 1. The van der Waals surface area contributed by atoms with Crippen molar-refractivity contribution in [1.82, 2.24) is 9.88 Å². The normalized spacial score (nSPS) is 22.7. The summed E-state index contributed by atoms with van der Waals surface area (Å²) in [5, 5.41) is 1.39. The summed E-state index contributed by atoms with van der Waals surface area (Å²) in [6.07, 6.45) is 6.18. The van der Waals surface area contributed by atoms with Gasteiger partial charge in [-0.15, -0.1) is 0 Å². The fourth-order valence-electron chi connectivity index (χ4n) is 2.84. The monoisotopic (exact) mass is 214 g/mol. The molecule has 0 aliphatic carbocycles. The Morgan fingerprint density at radius 3 is 3.00 bits per heavy atom. The average molecular weight is 214 g/mol. The van der Waals surface area contributed by atoms with Gasteiger partial charge in [0.2, 0.25) is 0 Å². The van der Waals surface area contributed by atoms with E-state index in [1.54, 1.807) is 0 Å². The predicted molar refractivity (Wildman–Crippen MR) is 67.5 cm³/mol. The molecule has 84 valence electrons. The molecule has 16 heavy (non-hydrogen) atoms. The maximum Gasteiger partial charge on any atom is 0.0457 e. The lowest BCUT2D eigenvalue weighted by Crippen LogP contribution is -2.29. The molecule has 3 rings (SSSR count). The van der Waals surface area contributed by atoms with Crippen LogP contribution in [0.2, 0.25) is 0 Å². The molecule has 2 aromatic rings. The first-order valence-corrected chi connectivity index (χ1v) is 6.12. The highest BCUT2D eigenvalue weighted by atomic mass is 15.1. The van der Waals surface area contributed by atoms with E-state index in [0.29, 0.717) is 6.04 Å². The standard InChI is InChI=1S/C14H18N2/c1-16-9-5-4-8-14(16)12-10-15-13-7-3-2-6-11(12)13/h2-3,6-7,10,14-15H,4-5,8-9H2,1H3/t14-/m0/s1. The Morgan fingerprint density at radius 1 is 1.25 bits per heavy atom. The summed E-state index contributed by atoms with van der Waals surface area (Å²) in [5.41, 5.74) is 2.73. The summed E-state index contributed by atoms with van der Waals surface area (Å²) >= 11 is 0. The third-order valence-electron chi connectivity index (χ3n) is 3.75. The Morgan fingerprint density at radius 2 is 2.12 bits per heavy atom. The molecule has 0 saturated carbocycles.